The van der Waals surface area contributed by atoms with E-state index in [0.29, 0.717) is 31.7 Å². The number of amides is 1. The van der Waals surface area contributed by atoms with Gasteiger partial charge in [-0.2, -0.15) is 0 Å². The first-order chi connectivity index (χ1) is 10.2. The second kappa shape index (κ2) is 5.87. The fourth-order valence-electron chi connectivity index (χ4n) is 2.37. The normalized spacial score (nSPS) is 15.1. The molecule has 1 aromatic carbocycles. The van der Waals surface area contributed by atoms with Crippen LogP contribution in [0.25, 0.3) is 0 Å². The average Bonchev–Trinajstić information content (AvgIpc) is 2.56. The number of aromatic nitrogens is 2. The minimum absolute atomic E-state index is 0.0613. The van der Waals surface area contributed by atoms with Crippen LogP contribution in [-0.2, 0) is 0 Å². The third kappa shape index (κ3) is 2.99. The number of carbonyl (C=O) groups is 1. The molecule has 0 bridgehead atoms. The van der Waals surface area contributed by atoms with Crippen molar-refractivity contribution >= 4 is 11.7 Å². The summed E-state index contributed by atoms with van der Waals surface area (Å²) in [5.74, 6) is 0.430. The zero-order chi connectivity index (χ0) is 14.7. The van der Waals surface area contributed by atoms with Crippen molar-refractivity contribution in [2.24, 2.45) is 0 Å². The molecule has 1 fully saturated rings. The summed E-state index contributed by atoms with van der Waals surface area (Å²) in [5.41, 5.74) is 0.518. The van der Waals surface area contributed by atoms with E-state index >= 15 is 0 Å². The molecule has 0 unspecified atom stereocenters. The lowest BCUT2D eigenvalue weighted by Crippen LogP contribution is -2.49. The predicted molar refractivity (Wildman–Crippen MR) is 76.5 cm³/mol. The van der Waals surface area contributed by atoms with Gasteiger partial charge in [0.2, 0.25) is 0 Å². The van der Waals surface area contributed by atoms with Gasteiger partial charge >= 0.3 is 0 Å². The molecular formula is C15H15FN4O. The molecule has 1 saturated heterocycles. The maximum absolute atomic E-state index is 12.9. The molecule has 3 rings (SSSR count). The fourth-order valence-corrected chi connectivity index (χ4v) is 2.37. The molecule has 0 aliphatic carbocycles. The first-order valence-electron chi connectivity index (χ1n) is 6.80. The monoisotopic (exact) mass is 286 g/mol. The number of benzene rings is 1. The Hall–Kier alpha value is -2.50. The highest BCUT2D eigenvalue weighted by molar-refractivity contribution is 5.94. The van der Waals surface area contributed by atoms with Crippen molar-refractivity contribution in [2.75, 3.05) is 31.1 Å². The standard InChI is InChI=1S/C15H15FN4O/c16-13-3-1-12(2-4-13)15(21)20-9-7-19(8-10-20)14-11-17-5-6-18-14/h1-6,11H,7-10H2. The SMILES string of the molecule is O=C(c1ccc(F)cc1)N1CCN(c2cnccn2)CC1. The summed E-state index contributed by atoms with van der Waals surface area (Å²) >= 11 is 0. The van der Waals surface area contributed by atoms with Gasteiger partial charge in [-0.1, -0.05) is 0 Å². The number of piperazine rings is 1. The summed E-state index contributed by atoms with van der Waals surface area (Å²) in [5, 5.41) is 0. The molecule has 0 spiro atoms. The van der Waals surface area contributed by atoms with Crippen LogP contribution in [-0.4, -0.2) is 47.0 Å². The Kier molecular flexibility index (Phi) is 3.77. The van der Waals surface area contributed by atoms with Gasteiger partial charge in [-0.25, -0.2) is 9.37 Å². The van der Waals surface area contributed by atoms with Gasteiger partial charge in [-0.3, -0.25) is 9.78 Å². The lowest BCUT2D eigenvalue weighted by Gasteiger charge is -2.35. The molecule has 0 N–H and O–H groups in total. The Morgan fingerprint density at radius 1 is 1.05 bits per heavy atom. The molecule has 1 aliphatic heterocycles. The van der Waals surface area contributed by atoms with Crippen LogP contribution >= 0.6 is 0 Å². The molecule has 21 heavy (non-hydrogen) atoms. The summed E-state index contributed by atoms with van der Waals surface area (Å²) < 4.78 is 12.9. The quantitative estimate of drug-likeness (QED) is 0.841. The Bertz CT molecular complexity index is 609. The molecule has 2 heterocycles. The van der Waals surface area contributed by atoms with Gasteiger partial charge in [0.05, 0.1) is 6.20 Å². The van der Waals surface area contributed by atoms with Crippen LogP contribution < -0.4 is 4.90 Å². The molecule has 108 valence electrons. The topological polar surface area (TPSA) is 49.3 Å². The van der Waals surface area contributed by atoms with Gasteiger partial charge in [0, 0.05) is 44.1 Å². The van der Waals surface area contributed by atoms with E-state index in [1.165, 1.54) is 24.3 Å². The molecule has 0 radical (unpaired) electrons. The maximum Gasteiger partial charge on any atom is 0.253 e. The third-order valence-corrected chi connectivity index (χ3v) is 3.53. The molecule has 0 saturated carbocycles. The predicted octanol–water partition coefficient (Wildman–Crippen LogP) is 1.58. The van der Waals surface area contributed by atoms with Crippen molar-refractivity contribution in [2.45, 2.75) is 0 Å². The van der Waals surface area contributed by atoms with E-state index in [2.05, 4.69) is 14.9 Å². The highest BCUT2D eigenvalue weighted by Gasteiger charge is 2.22. The number of rotatable bonds is 2. The number of halogens is 1. The van der Waals surface area contributed by atoms with Crippen LogP contribution in [0.1, 0.15) is 10.4 Å². The molecule has 0 atom stereocenters. The van der Waals surface area contributed by atoms with Gasteiger partial charge < -0.3 is 9.80 Å². The Labute approximate surface area is 122 Å². The second-order valence-corrected chi connectivity index (χ2v) is 4.85. The molecule has 1 aromatic heterocycles. The molecule has 1 amide bonds. The van der Waals surface area contributed by atoms with Crippen LogP contribution in [0.15, 0.2) is 42.9 Å². The van der Waals surface area contributed by atoms with Crippen LogP contribution in [0.2, 0.25) is 0 Å². The van der Waals surface area contributed by atoms with Crippen molar-refractivity contribution in [3.8, 4) is 0 Å². The summed E-state index contributed by atoms with van der Waals surface area (Å²) in [6, 6.07) is 5.66. The van der Waals surface area contributed by atoms with Gasteiger partial charge in [-0.15, -0.1) is 0 Å². The first-order valence-corrected chi connectivity index (χ1v) is 6.80. The van der Waals surface area contributed by atoms with Gasteiger partial charge in [0.1, 0.15) is 11.6 Å². The number of hydrogen-bond acceptors (Lipinski definition) is 4. The minimum Gasteiger partial charge on any atom is -0.352 e. The van der Waals surface area contributed by atoms with E-state index in [9.17, 15) is 9.18 Å². The minimum atomic E-state index is -0.334. The molecule has 5 nitrogen and oxygen atoms in total. The summed E-state index contributed by atoms with van der Waals surface area (Å²) in [7, 11) is 0. The second-order valence-electron chi connectivity index (χ2n) is 4.85. The van der Waals surface area contributed by atoms with Crippen molar-refractivity contribution in [3.63, 3.8) is 0 Å². The summed E-state index contributed by atoms with van der Waals surface area (Å²) in [4.78, 5) is 24.5. The van der Waals surface area contributed by atoms with Crippen LogP contribution in [0.4, 0.5) is 10.2 Å². The van der Waals surface area contributed by atoms with Gasteiger partial charge in [0.25, 0.3) is 5.91 Å². The van der Waals surface area contributed by atoms with Gasteiger partial charge in [-0.05, 0) is 24.3 Å². The fraction of sp³-hybridized carbons (Fsp3) is 0.267. The van der Waals surface area contributed by atoms with Crippen molar-refractivity contribution < 1.29 is 9.18 Å². The lowest BCUT2D eigenvalue weighted by molar-refractivity contribution is 0.0746. The first kappa shape index (κ1) is 13.5. The molecular weight excluding hydrogens is 271 g/mol. The molecule has 1 aliphatic rings. The summed E-state index contributed by atoms with van der Waals surface area (Å²) in [6.45, 7) is 2.66. The molecule has 6 heteroatoms. The largest absolute Gasteiger partial charge is 0.352 e. The third-order valence-electron chi connectivity index (χ3n) is 3.53. The average molecular weight is 286 g/mol. The van der Waals surface area contributed by atoms with Crippen molar-refractivity contribution in [3.05, 3.63) is 54.2 Å². The number of anilines is 1. The van der Waals surface area contributed by atoms with Crippen LogP contribution in [0.5, 0.6) is 0 Å². The van der Waals surface area contributed by atoms with E-state index in [-0.39, 0.29) is 11.7 Å². The zero-order valence-corrected chi connectivity index (χ0v) is 11.4. The van der Waals surface area contributed by atoms with E-state index in [1.807, 2.05) is 0 Å². The highest BCUT2D eigenvalue weighted by Crippen LogP contribution is 2.14. The van der Waals surface area contributed by atoms with E-state index in [4.69, 9.17) is 0 Å². The van der Waals surface area contributed by atoms with E-state index in [0.717, 1.165) is 5.82 Å². The smallest absolute Gasteiger partial charge is 0.253 e. The van der Waals surface area contributed by atoms with Crippen LogP contribution in [0.3, 0.4) is 0 Å². The van der Waals surface area contributed by atoms with Crippen LogP contribution in [0, 0.1) is 5.82 Å². The van der Waals surface area contributed by atoms with E-state index < -0.39 is 0 Å². The number of carbonyl (C=O) groups excluding carboxylic acids is 1. The van der Waals surface area contributed by atoms with E-state index in [1.54, 1.807) is 23.5 Å². The summed E-state index contributed by atoms with van der Waals surface area (Å²) in [6.07, 6.45) is 5.01. The number of hydrogen-bond donors (Lipinski definition) is 0. The lowest BCUT2D eigenvalue weighted by atomic mass is 10.2. The number of nitrogens with zero attached hydrogens (tertiary/aromatic N) is 4. The maximum atomic E-state index is 12.9. The Balaban J connectivity index is 1.63. The molecule has 2 aromatic rings. The highest BCUT2D eigenvalue weighted by atomic mass is 19.1. The Morgan fingerprint density at radius 2 is 1.76 bits per heavy atom. The van der Waals surface area contributed by atoms with Crippen molar-refractivity contribution in [1.29, 1.82) is 0 Å². The Morgan fingerprint density at radius 3 is 2.38 bits per heavy atom. The zero-order valence-electron chi connectivity index (χ0n) is 11.4. The van der Waals surface area contributed by atoms with Gasteiger partial charge in [0.15, 0.2) is 0 Å². The van der Waals surface area contributed by atoms with Crippen molar-refractivity contribution in [1.82, 2.24) is 14.9 Å².